The third-order valence-electron chi connectivity index (χ3n) is 2.64. The van der Waals surface area contributed by atoms with Crippen molar-refractivity contribution in [2.75, 3.05) is 0 Å². The number of ether oxygens (including phenoxy) is 2. The zero-order valence-electron chi connectivity index (χ0n) is 10.7. The molecule has 0 heterocycles. The molecular formula is C16H13O4. The van der Waals surface area contributed by atoms with Gasteiger partial charge in [0.25, 0.3) is 0 Å². The molecule has 4 heteroatoms. The third-order valence-corrected chi connectivity index (χ3v) is 2.64. The summed E-state index contributed by atoms with van der Waals surface area (Å²) in [6.07, 6.45) is 0.228. The Hall–Kier alpha value is -2.62. The Morgan fingerprint density at radius 1 is 0.950 bits per heavy atom. The molecule has 2 aromatic carbocycles. The molecule has 0 saturated heterocycles. The second-order valence-corrected chi connectivity index (χ2v) is 4.15. The van der Waals surface area contributed by atoms with Gasteiger partial charge in [-0.05, 0) is 23.3 Å². The van der Waals surface area contributed by atoms with E-state index < -0.39 is 0 Å². The minimum Gasteiger partial charge on any atom is -0.452 e. The average molecular weight is 269 g/mol. The van der Waals surface area contributed by atoms with E-state index in [9.17, 15) is 9.59 Å². The molecule has 0 aliphatic heterocycles. The summed E-state index contributed by atoms with van der Waals surface area (Å²) in [5.74, 6) is 0.145. The van der Waals surface area contributed by atoms with E-state index in [0.29, 0.717) is 5.75 Å². The highest BCUT2D eigenvalue weighted by molar-refractivity contribution is 5.75. The normalized spacial score (nSPS) is 9.80. The van der Waals surface area contributed by atoms with Gasteiger partial charge in [0.1, 0.15) is 12.4 Å². The fourth-order valence-electron chi connectivity index (χ4n) is 1.70. The van der Waals surface area contributed by atoms with Gasteiger partial charge >= 0.3 is 12.4 Å². The van der Waals surface area contributed by atoms with Crippen LogP contribution in [0.15, 0.2) is 54.6 Å². The second kappa shape index (κ2) is 7.09. The lowest BCUT2D eigenvalue weighted by molar-refractivity contribution is -0.133. The van der Waals surface area contributed by atoms with Crippen molar-refractivity contribution in [3.63, 3.8) is 0 Å². The van der Waals surface area contributed by atoms with E-state index in [1.165, 1.54) is 6.47 Å². The molecule has 0 amide bonds. The number of carbonyl (C=O) groups is 1. The van der Waals surface area contributed by atoms with Gasteiger partial charge in [0.15, 0.2) is 0 Å². The Balaban J connectivity index is 1.89. The zero-order chi connectivity index (χ0) is 14.2. The number of benzene rings is 2. The Morgan fingerprint density at radius 3 is 2.30 bits per heavy atom. The van der Waals surface area contributed by atoms with Crippen molar-refractivity contribution in [3.05, 3.63) is 65.7 Å². The topological polar surface area (TPSA) is 52.6 Å². The molecule has 0 unspecified atom stereocenters. The summed E-state index contributed by atoms with van der Waals surface area (Å²) in [7, 11) is 0. The maximum absolute atomic E-state index is 11.7. The number of hydrogen-bond acceptors (Lipinski definition) is 4. The fraction of sp³-hybridized carbons (Fsp3) is 0.125. The lowest BCUT2D eigenvalue weighted by Gasteiger charge is -2.05. The third kappa shape index (κ3) is 4.24. The van der Waals surface area contributed by atoms with Crippen molar-refractivity contribution in [2.45, 2.75) is 13.0 Å². The molecular weight excluding hydrogens is 256 g/mol. The Bertz CT molecular complexity index is 561. The minimum absolute atomic E-state index is 0.155. The van der Waals surface area contributed by atoms with E-state index in [1.807, 2.05) is 30.3 Å². The number of rotatable bonds is 6. The van der Waals surface area contributed by atoms with Gasteiger partial charge < -0.3 is 9.47 Å². The van der Waals surface area contributed by atoms with E-state index in [2.05, 4.69) is 4.74 Å². The van der Waals surface area contributed by atoms with Gasteiger partial charge in [0.05, 0.1) is 6.42 Å². The van der Waals surface area contributed by atoms with Crippen LogP contribution < -0.4 is 4.74 Å². The van der Waals surface area contributed by atoms with Gasteiger partial charge in [0.2, 0.25) is 0 Å². The average Bonchev–Trinajstić information content (AvgIpc) is 2.47. The first-order valence-electron chi connectivity index (χ1n) is 6.10. The van der Waals surface area contributed by atoms with Gasteiger partial charge in [-0.1, -0.05) is 42.5 Å². The Morgan fingerprint density at radius 2 is 1.65 bits per heavy atom. The van der Waals surface area contributed by atoms with Gasteiger partial charge in [0, 0.05) is 0 Å². The highest BCUT2D eigenvalue weighted by Crippen LogP contribution is 2.14. The molecule has 0 aliphatic carbocycles. The van der Waals surface area contributed by atoms with Crippen LogP contribution in [0, 0.1) is 0 Å². The molecule has 0 aromatic heterocycles. The Labute approximate surface area is 116 Å². The molecule has 2 aromatic rings. The smallest absolute Gasteiger partial charge is 0.417 e. The lowest BCUT2D eigenvalue weighted by Crippen LogP contribution is -2.11. The SMILES string of the molecule is O=[C]OCc1ccc(OC(=O)Cc2ccccc2)cc1. The zero-order valence-corrected chi connectivity index (χ0v) is 10.7. The molecule has 0 saturated carbocycles. The predicted molar refractivity (Wildman–Crippen MR) is 72.7 cm³/mol. The summed E-state index contributed by atoms with van der Waals surface area (Å²) in [5, 5.41) is 0. The van der Waals surface area contributed by atoms with Crippen LogP contribution in [0.3, 0.4) is 0 Å². The fourth-order valence-corrected chi connectivity index (χ4v) is 1.70. The summed E-state index contributed by atoms with van der Waals surface area (Å²) in [6, 6.07) is 16.2. The molecule has 0 fully saturated rings. The molecule has 0 N–H and O–H groups in total. The standard InChI is InChI=1S/C16H13O4/c17-12-19-11-14-6-8-15(9-7-14)20-16(18)10-13-4-2-1-3-5-13/h1-9H,10-11H2. The highest BCUT2D eigenvalue weighted by atomic mass is 16.5. The van der Waals surface area contributed by atoms with Crippen LogP contribution in [0.1, 0.15) is 11.1 Å². The van der Waals surface area contributed by atoms with E-state index in [4.69, 9.17) is 4.74 Å². The van der Waals surface area contributed by atoms with Crippen molar-refractivity contribution in [1.29, 1.82) is 0 Å². The molecule has 0 spiro atoms. The van der Waals surface area contributed by atoms with Crippen molar-refractivity contribution >= 4 is 12.4 Å². The minimum atomic E-state index is -0.318. The van der Waals surface area contributed by atoms with Crippen molar-refractivity contribution in [1.82, 2.24) is 0 Å². The van der Waals surface area contributed by atoms with Crippen molar-refractivity contribution in [3.8, 4) is 5.75 Å². The molecule has 101 valence electrons. The summed E-state index contributed by atoms with van der Waals surface area (Å²) in [6.45, 7) is 1.51. The lowest BCUT2D eigenvalue weighted by atomic mass is 10.1. The first-order valence-corrected chi connectivity index (χ1v) is 6.10. The molecule has 0 atom stereocenters. The van der Waals surface area contributed by atoms with Crippen LogP contribution in [0.25, 0.3) is 0 Å². The predicted octanol–water partition coefficient (Wildman–Crippen LogP) is 2.42. The molecule has 0 bridgehead atoms. The van der Waals surface area contributed by atoms with Crippen LogP contribution in [-0.2, 0) is 27.4 Å². The molecule has 4 nitrogen and oxygen atoms in total. The van der Waals surface area contributed by atoms with E-state index in [1.54, 1.807) is 24.3 Å². The van der Waals surface area contributed by atoms with Gasteiger partial charge in [-0.2, -0.15) is 0 Å². The van der Waals surface area contributed by atoms with Crippen LogP contribution in [0.2, 0.25) is 0 Å². The summed E-state index contributed by atoms with van der Waals surface area (Å²) in [5.41, 5.74) is 1.71. The van der Waals surface area contributed by atoms with Crippen LogP contribution >= 0.6 is 0 Å². The number of carbonyl (C=O) groups excluding carboxylic acids is 2. The second-order valence-electron chi connectivity index (χ2n) is 4.15. The van der Waals surface area contributed by atoms with Gasteiger partial charge in [-0.3, -0.25) is 4.79 Å². The summed E-state index contributed by atoms with van der Waals surface area (Å²) >= 11 is 0. The van der Waals surface area contributed by atoms with Crippen molar-refractivity contribution < 1.29 is 19.1 Å². The molecule has 1 radical (unpaired) electrons. The highest BCUT2D eigenvalue weighted by Gasteiger charge is 2.06. The number of hydrogen-bond donors (Lipinski definition) is 0. The maximum atomic E-state index is 11.7. The largest absolute Gasteiger partial charge is 0.452 e. The summed E-state index contributed by atoms with van der Waals surface area (Å²) in [4.78, 5) is 21.7. The molecule has 2 rings (SSSR count). The first-order chi connectivity index (χ1) is 9.78. The van der Waals surface area contributed by atoms with Gasteiger partial charge in [-0.15, -0.1) is 0 Å². The quantitative estimate of drug-likeness (QED) is 0.597. The molecule has 20 heavy (non-hydrogen) atoms. The van der Waals surface area contributed by atoms with E-state index >= 15 is 0 Å². The monoisotopic (exact) mass is 269 g/mol. The van der Waals surface area contributed by atoms with Crippen molar-refractivity contribution in [2.24, 2.45) is 0 Å². The van der Waals surface area contributed by atoms with Crippen LogP contribution in [0.4, 0.5) is 0 Å². The van der Waals surface area contributed by atoms with E-state index in [0.717, 1.165) is 11.1 Å². The van der Waals surface area contributed by atoms with Crippen LogP contribution in [-0.4, -0.2) is 12.4 Å². The van der Waals surface area contributed by atoms with Crippen LogP contribution in [0.5, 0.6) is 5.75 Å². The maximum Gasteiger partial charge on any atom is 0.417 e. The molecule has 0 aliphatic rings. The summed E-state index contributed by atoms with van der Waals surface area (Å²) < 4.78 is 9.73. The van der Waals surface area contributed by atoms with E-state index in [-0.39, 0.29) is 19.0 Å². The first kappa shape index (κ1) is 13.8. The Kier molecular flexibility index (Phi) is 4.89. The number of esters is 1. The van der Waals surface area contributed by atoms with Gasteiger partial charge in [-0.25, -0.2) is 4.79 Å².